The molecular formula is C23H27N5O4S. The van der Waals surface area contributed by atoms with Gasteiger partial charge in [-0.3, -0.25) is 19.1 Å². The highest BCUT2D eigenvalue weighted by Crippen LogP contribution is 2.30. The number of ether oxygens (including phenoxy) is 1. The topological polar surface area (TPSA) is 108 Å². The van der Waals surface area contributed by atoms with Crippen molar-refractivity contribution >= 4 is 38.3 Å². The number of benzene rings is 2. The lowest BCUT2D eigenvalue weighted by atomic mass is 10.1. The molecule has 5 rings (SSSR count). The van der Waals surface area contributed by atoms with Crippen LogP contribution >= 0.6 is 0 Å². The van der Waals surface area contributed by atoms with E-state index in [1.54, 1.807) is 18.2 Å². The van der Waals surface area contributed by atoms with Crippen molar-refractivity contribution in [2.45, 2.75) is 19.4 Å². The highest BCUT2D eigenvalue weighted by Gasteiger charge is 2.28. The minimum absolute atomic E-state index is 0.158. The smallest absolute Gasteiger partial charge is 0.235 e. The summed E-state index contributed by atoms with van der Waals surface area (Å²) in [7, 11) is -3.28. The van der Waals surface area contributed by atoms with Gasteiger partial charge in [-0.15, -0.1) is 0 Å². The van der Waals surface area contributed by atoms with Crippen molar-refractivity contribution in [3.63, 3.8) is 0 Å². The molecule has 0 saturated carbocycles. The predicted octanol–water partition coefficient (Wildman–Crippen LogP) is 2.12. The van der Waals surface area contributed by atoms with Crippen molar-refractivity contribution in [1.82, 2.24) is 15.1 Å². The van der Waals surface area contributed by atoms with Gasteiger partial charge in [-0.25, -0.2) is 8.42 Å². The lowest BCUT2D eigenvalue weighted by Gasteiger charge is -2.26. The van der Waals surface area contributed by atoms with Crippen LogP contribution in [0.1, 0.15) is 17.5 Å². The number of nitrogens with zero attached hydrogens (tertiary/aromatic N) is 3. The third-order valence-corrected chi connectivity index (χ3v) is 7.96. The summed E-state index contributed by atoms with van der Waals surface area (Å²) in [4.78, 5) is 15.0. The zero-order chi connectivity index (χ0) is 22.8. The summed E-state index contributed by atoms with van der Waals surface area (Å²) in [6.07, 6.45) is 0.840. The molecule has 10 heteroatoms. The third-order valence-electron chi connectivity index (χ3n) is 6.09. The summed E-state index contributed by atoms with van der Waals surface area (Å²) in [5, 5.41) is 10.7. The molecule has 0 spiro atoms. The van der Waals surface area contributed by atoms with Crippen molar-refractivity contribution in [2.24, 2.45) is 0 Å². The first kappa shape index (κ1) is 21.9. The van der Waals surface area contributed by atoms with Gasteiger partial charge in [-0.1, -0.05) is 24.3 Å². The molecular weight excluding hydrogens is 442 g/mol. The van der Waals surface area contributed by atoms with Crippen LogP contribution in [0.15, 0.2) is 42.5 Å². The first-order valence-electron chi connectivity index (χ1n) is 11.1. The Morgan fingerprint density at radius 3 is 2.55 bits per heavy atom. The molecule has 1 aromatic heterocycles. The summed E-state index contributed by atoms with van der Waals surface area (Å²) in [5.74, 6) is 0.381. The largest absolute Gasteiger partial charge is 0.379 e. The Bertz CT molecular complexity index is 1250. The Labute approximate surface area is 192 Å². The molecule has 0 aliphatic carbocycles. The number of anilines is 2. The second-order valence-electron chi connectivity index (χ2n) is 8.47. The van der Waals surface area contributed by atoms with E-state index in [-0.39, 0.29) is 18.1 Å². The van der Waals surface area contributed by atoms with Crippen LogP contribution in [0.2, 0.25) is 0 Å². The molecule has 3 aromatic rings. The average molecular weight is 470 g/mol. The average Bonchev–Trinajstić information content (AvgIpc) is 3.37. The molecule has 0 unspecified atom stereocenters. The van der Waals surface area contributed by atoms with Crippen molar-refractivity contribution < 1.29 is 17.9 Å². The molecule has 1 amide bonds. The standard InChI is InChI=1S/C23H27N5O4S/c29-22(14-17-2-4-18(5-3-17)16-27-9-11-32-12-10-27)24-23-20-15-19(6-7-21(20)25-26-23)28-8-1-13-33(28,30)31/h2-7,15H,1,8-14,16H2,(H2,24,25,26,29). The highest BCUT2D eigenvalue weighted by molar-refractivity contribution is 7.93. The quantitative estimate of drug-likeness (QED) is 0.573. The molecule has 2 fully saturated rings. The molecule has 2 saturated heterocycles. The van der Waals surface area contributed by atoms with Gasteiger partial charge in [0.15, 0.2) is 5.82 Å². The summed E-state index contributed by atoms with van der Waals surface area (Å²) >= 11 is 0. The summed E-state index contributed by atoms with van der Waals surface area (Å²) in [6.45, 7) is 4.77. The second kappa shape index (κ2) is 9.12. The monoisotopic (exact) mass is 469 g/mol. The van der Waals surface area contributed by atoms with Crippen molar-refractivity contribution in [3.05, 3.63) is 53.6 Å². The van der Waals surface area contributed by atoms with E-state index in [2.05, 4.69) is 32.5 Å². The van der Waals surface area contributed by atoms with Crippen LogP contribution in [-0.4, -0.2) is 68.0 Å². The number of hydrogen-bond donors (Lipinski definition) is 2. The molecule has 33 heavy (non-hydrogen) atoms. The molecule has 9 nitrogen and oxygen atoms in total. The van der Waals surface area contributed by atoms with Crippen LogP contribution in [-0.2, 0) is 32.5 Å². The fraction of sp³-hybridized carbons (Fsp3) is 0.391. The Balaban J connectivity index is 1.25. The van der Waals surface area contributed by atoms with Gasteiger partial charge >= 0.3 is 0 Å². The van der Waals surface area contributed by atoms with Crippen LogP contribution in [0, 0.1) is 0 Å². The van der Waals surface area contributed by atoms with E-state index in [9.17, 15) is 13.2 Å². The minimum atomic E-state index is -3.28. The van der Waals surface area contributed by atoms with Gasteiger partial charge in [-0.2, -0.15) is 5.10 Å². The predicted molar refractivity (Wildman–Crippen MR) is 127 cm³/mol. The van der Waals surface area contributed by atoms with Gasteiger partial charge in [0.05, 0.1) is 36.6 Å². The minimum Gasteiger partial charge on any atom is -0.379 e. The van der Waals surface area contributed by atoms with E-state index in [1.165, 1.54) is 9.87 Å². The van der Waals surface area contributed by atoms with E-state index in [0.29, 0.717) is 29.9 Å². The van der Waals surface area contributed by atoms with Crippen molar-refractivity contribution in [2.75, 3.05) is 48.2 Å². The Hall–Kier alpha value is -2.95. The number of rotatable bonds is 6. The number of hydrogen-bond acceptors (Lipinski definition) is 6. The molecule has 0 bridgehead atoms. The normalized spacial score (nSPS) is 18.6. The molecule has 0 atom stereocenters. The zero-order valence-corrected chi connectivity index (χ0v) is 19.1. The maximum atomic E-state index is 12.7. The van der Waals surface area contributed by atoms with Crippen LogP contribution in [0.4, 0.5) is 11.5 Å². The van der Waals surface area contributed by atoms with Gasteiger partial charge in [0.25, 0.3) is 0 Å². The van der Waals surface area contributed by atoms with E-state index in [4.69, 9.17) is 4.74 Å². The number of nitrogens with one attached hydrogen (secondary N) is 2. The SMILES string of the molecule is O=C(Cc1ccc(CN2CCOCC2)cc1)Nc1n[nH]c2ccc(N3CCCS3(=O)=O)cc12. The number of H-pyrrole nitrogens is 1. The number of aromatic amines is 1. The maximum absolute atomic E-state index is 12.7. The molecule has 0 radical (unpaired) electrons. The maximum Gasteiger partial charge on any atom is 0.235 e. The summed E-state index contributed by atoms with van der Waals surface area (Å²) in [6, 6.07) is 13.4. The number of amides is 1. The van der Waals surface area contributed by atoms with Crippen molar-refractivity contribution in [1.29, 1.82) is 0 Å². The molecule has 174 valence electrons. The molecule has 3 heterocycles. The first-order chi connectivity index (χ1) is 16.0. The molecule has 2 aromatic carbocycles. The number of sulfonamides is 1. The van der Waals surface area contributed by atoms with Gasteiger partial charge in [0.1, 0.15) is 0 Å². The molecule has 2 aliphatic heterocycles. The van der Waals surface area contributed by atoms with E-state index in [0.717, 1.165) is 43.9 Å². The zero-order valence-electron chi connectivity index (χ0n) is 18.3. The van der Waals surface area contributed by atoms with Gasteiger partial charge in [-0.05, 0) is 35.7 Å². The summed E-state index contributed by atoms with van der Waals surface area (Å²) in [5.41, 5.74) is 3.46. The van der Waals surface area contributed by atoms with Gasteiger partial charge in [0, 0.05) is 31.6 Å². The van der Waals surface area contributed by atoms with Crippen LogP contribution < -0.4 is 9.62 Å². The van der Waals surface area contributed by atoms with E-state index >= 15 is 0 Å². The van der Waals surface area contributed by atoms with Crippen LogP contribution in [0.3, 0.4) is 0 Å². The molecule has 2 N–H and O–H groups in total. The van der Waals surface area contributed by atoms with Gasteiger partial charge in [0.2, 0.25) is 15.9 Å². The van der Waals surface area contributed by atoms with Crippen LogP contribution in [0.25, 0.3) is 10.9 Å². The lowest BCUT2D eigenvalue weighted by molar-refractivity contribution is -0.115. The number of morpholine rings is 1. The van der Waals surface area contributed by atoms with E-state index in [1.807, 2.05) is 12.1 Å². The molecule has 2 aliphatic rings. The van der Waals surface area contributed by atoms with Crippen molar-refractivity contribution in [3.8, 4) is 0 Å². The number of carbonyl (C=O) groups is 1. The van der Waals surface area contributed by atoms with Crippen LogP contribution in [0.5, 0.6) is 0 Å². The summed E-state index contributed by atoms with van der Waals surface area (Å²) < 4.78 is 31.3. The number of fused-ring (bicyclic) bond motifs is 1. The lowest BCUT2D eigenvalue weighted by Crippen LogP contribution is -2.35. The Morgan fingerprint density at radius 1 is 1.06 bits per heavy atom. The Morgan fingerprint density at radius 2 is 1.82 bits per heavy atom. The van der Waals surface area contributed by atoms with Gasteiger partial charge < -0.3 is 10.1 Å². The third kappa shape index (κ3) is 4.87. The fourth-order valence-corrected chi connectivity index (χ4v) is 5.88. The Kier molecular flexibility index (Phi) is 6.05. The first-order valence-corrected chi connectivity index (χ1v) is 12.8. The highest BCUT2D eigenvalue weighted by atomic mass is 32.2. The number of aromatic nitrogens is 2. The number of carbonyl (C=O) groups excluding carboxylic acids is 1. The van der Waals surface area contributed by atoms with E-state index < -0.39 is 10.0 Å². The second-order valence-corrected chi connectivity index (χ2v) is 10.5. The fourth-order valence-electron chi connectivity index (χ4n) is 4.32.